The highest BCUT2D eigenvalue weighted by molar-refractivity contribution is 6.09. The Morgan fingerprint density at radius 1 is 1.17 bits per heavy atom. The van der Waals surface area contributed by atoms with Crippen LogP contribution in [0.5, 0.6) is 5.75 Å². The van der Waals surface area contributed by atoms with Crippen LogP contribution >= 0.6 is 0 Å². The fraction of sp³-hybridized carbons (Fsp3) is 0.0625. The van der Waals surface area contributed by atoms with Gasteiger partial charge in [0.1, 0.15) is 12.4 Å². The summed E-state index contributed by atoms with van der Waals surface area (Å²) < 4.78 is 10.2. The molecule has 0 radical (unpaired) electrons. The van der Waals surface area contributed by atoms with Crippen LogP contribution in [0, 0.1) is 0 Å². The Balaban J connectivity index is 1.70. The largest absolute Gasteiger partial charge is 0.489 e. The van der Waals surface area contributed by atoms with Gasteiger partial charge in [-0.05, 0) is 28.0 Å². The predicted octanol–water partition coefficient (Wildman–Crippen LogP) is 2.48. The van der Waals surface area contributed by atoms with E-state index in [0.717, 1.165) is 5.56 Å². The van der Waals surface area contributed by atoms with Crippen molar-refractivity contribution >= 4 is 17.3 Å². The predicted molar refractivity (Wildman–Crippen MR) is 87.9 cm³/mol. The molecule has 2 aromatic carbocycles. The molecule has 1 aromatic heterocycles. The molecular formula is C16H15N5O3. The highest BCUT2D eigenvalue weighted by Crippen LogP contribution is 2.20. The van der Waals surface area contributed by atoms with Crippen LogP contribution in [0.3, 0.4) is 0 Å². The maximum Gasteiger partial charge on any atom is 0.203 e. The van der Waals surface area contributed by atoms with Crippen molar-refractivity contribution in [3.05, 3.63) is 65.9 Å². The topological polar surface area (TPSA) is 119 Å². The van der Waals surface area contributed by atoms with Crippen LogP contribution < -0.4 is 15.8 Å². The molecule has 0 aliphatic carbocycles. The highest BCUT2D eigenvalue weighted by Gasteiger charge is 2.15. The van der Waals surface area contributed by atoms with Gasteiger partial charge in [-0.1, -0.05) is 41.6 Å². The first-order valence-corrected chi connectivity index (χ1v) is 7.10. The van der Waals surface area contributed by atoms with Gasteiger partial charge in [0, 0.05) is 11.8 Å². The number of nitrogens with two attached hydrogens (primary N) is 1. The molecule has 24 heavy (non-hydrogen) atoms. The Morgan fingerprint density at radius 2 is 2.00 bits per heavy atom. The van der Waals surface area contributed by atoms with Gasteiger partial charge in [-0.15, -0.1) is 0 Å². The van der Waals surface area contributed by atoms with E-state index < -0.39 is 0 Å². The zero-order valence-electron chi connectivity index (χ0n) is 12.6. The van der Waals surface area contributed by atoms with Gasteiger partial charge in [-0.3, -0.25) is 0 Å². The standard InChI is InChI=1S/C16H15N5O3/c17-15-14(20-24-21-15)16(19-22)18-12-7-4-8-13(9-12)23-10-11-5-2-1-3-6-11/h1-9,22H,10H2,(H2,17,21)(H,18,19). The van der Waals surface area contributed by atoms with E-state index in [4.69, 9.17) is 15.7 Å². The minimum absolute atomic E-state index is 0.0202. The van der Waals surface area contributed by atoms with Crippen molar-refractivity contribution in [3.8, 4) is 5.75 Å². The zero-order chi connectivity index (χ0) is 16.8. The lowest BCUT2D eigenvalue weighted by molar-refractivity contribution is 0.305. The van der Waals surface area contributed by atoms with E-state index in [1.54, 1.807) is 12.1 Å². The van der Waals surface area contributed by atoms with Gasteiger partial charge in [-0.25, -0.2) is 4.63 Å². The minimum atomic E-state index is 0.0202. The summed E-state index contributed by atoms with van der Waals surface area (Å²) in [5.74, 6) is 0.702. The molecule has 122 valence electrons. The number of aromatic nitrogens is 2. The number of amidine groups is 1. The third kappa shape index (κ3) is 3.61. The van der Waals surface area contributed by atoms with E-state index in [1.807, 2.05) is 42.5 Å². The molecule has 0 spiro atoms. The minimum Gasteiger partial charge on any atom is -0.489 e. The van der Waals surface area contributed by atoms with Gasteiger partial charge >= 0.3 is 0 Å². The first kappa shape index (κ1) is 15.3. The van der Waals surface area contributed by atoms with E-state index in [2.05, 4.69) is 25.4 Å². The molecule has 0 atom stereocenters. The van der Waals surface area contributed by atoms with Gasteiger partial charge in [0.2, 0.25) is 5.84 Å². The third-order valence-electron chi connectivity index (χ3n) is 3.18. The van der Waals surface area contributed by atoms with Crippen molar-refractivity contribution in [2.45, 2.75) is 6.61 Å². The number of oxime groups is 1. The number of hydrogen-bond donors (Lipinski definition) is 3. The molecule has 0 saturated heterocycles. The maximum absolute atomic E-state index is 9.13. The molecule has 0 unspecified atom stereocenters. The molecule has 0 aliphatic rings. The maximum atomic E-state index is 9.13. The highest BCUT2D eigenvalue weighted by atomic mass is 16.6. The molecule has 0 amide bonds. The Hall–Kier alpha value is -3.55. The van der Waals surface area contributed by atoms with E-state index >= 15 is 0 Å². The molecule has 8 nitrogen and oxygen atoms in total. The molecule has 1 heterocycles. The monoisotopic (exact) mass is 325 g/mol. The fourth-order valence-corrected chi connectivity index (χ4v) is 2.03. The third-order valence-corrected chi connectivity index (χ3v) is 3.18. The molecule has 3 rings (SSSR count). The number of nitrogen functional groups attached to an aromatic ring is 1. The average Bonchev–Trinajstić information content (AvgIpc) is 3.05. The Kier molecular flexibility index (Phi) is 4.57. The summed E-state index contributed by atoms with van der Waals surface area (Å²) in [6.45, 7) is 0.450. The molecule has 0 bridgehead atoms. The average molecular weight is 325 g/mol. The van der Waals surface area contributed by atoms with Crippen molar-refractivity contribution in [2.75, 3.05) is 11.1 Å². The summed E-state index contributed by atoms with van der Waals surface area (Å²) in [6.07, 6.45) is 0. The van der Waals surface area contributed by atoms with Crippen molar-refractivity contribution in [1.82, 2.24) is 10.3 Å². The smallest absolute Gasteiger partial charge is 0.203 e. The van der Waals surface area contributed by atoms with Crippen LogP contribution in [0.25, 0.3) is 0 Å². The molecule has 3 aromatic rings. The Labute approximate surface area is 137 Å². The van der Waals surface area contributed by atoms with E-state index in [-0.39, 0.29) is 17.3 Å². The van der Waals surface area contributed by atoms with Crippen molar-refractivity contribution < 1.29 is 14.6 Å². The summed E-state index contributed by atoms with van der Waals surface area (Å²) in [6, 6.07) is 17.0. The first-order valence-electron chi connectivity index (χ1n) is 7.10. The van der Waals surface area contributed by atoms with Gasteiger partial charge in [0.25, 0.3) is 0 Å². The van der Waals surface area contributed by atoms with Crippen LogP contribution in [-0.4, -0.2) is 21.4 Å². The summed E-state index contributed by atoms with van der Waals surface area (Å²) in [4.78, 5) is 0. The van der Waals surface area contributed by atoms with Gasteiger partial charge in [0.15, 0.2) is 11.5 Å². The second-order valence-corrected chi connectivity index (χ2v) is 4.87. The summed E-state index contributed by atoms with van der Waals surface area (Å²) in [5.41, 5.74) is 7.41. The quantitative estimate of drug-likeness (QED) is 0.285. The van der Waals surface area contributed by atoms with E-state index in [0.29, 0.717) is 18.0 Å². The number of anilines is 2. The molecule has 0 saturated carbocycles. The van der Waals surface area contributed by atoms with Crippen molar-refractivity contribution in [1.29, 1.82) is 0 Å². The number of nitrogens with one attached hydrogen (secondary N) is 1. The number of ether oxygens (including phenoxy) is 1. The zero-order valence-corrected chi connectivity index (χ0v) is 12.6. The first-order chi connectivity index (χ1) is 11.8. The molecule has 4 N–H and O–H groups in total. The lowest BCUT2D eigenvalue weighted by Crippen LogP contribution is -2.16. The SMILES string of the molecule is Nc1nonc1/C(=N\O)Nc1cccc(OCc2ccccc2)c1. The molecule has 0 fully saturated rings. The van der Waals surface area contributed by atoms with Crippen LogP contribution in [0.4, 0.5) is 11.5 Å². The van der Waals surface area contributed by atoms with Crippen LogP contribution in [0.1, 0.15) is 11.3 Å². The van der Waals surface area contributed by atoms with Crippen LogP contribution in [-0.2, 0) is 6.61 Å². The van der Waals surface area contributed by atoms with Gasteiger partial charge < -0.3 is 21.0 Å². The molecular weight excluding hydrogens is 310 g/mol. The summed E-state index contributed by atoms with van der Waals surface area (Å²) >= 11 is 0. The number of nitrogens with zero attached hydrogens (tertiary/aromatic N) is 3. The second kappa shape index (κ2) is 7.14. The van der Waals surface area contributed by atoms with Crippen molar-refractivity contribution in [2.24, 2.45) is 5.16 Å². The van der Waals surface area contributed by atoms with Gasteiger partial charge in [0.05, 0.1) is 0 Å². The van der Waals surface area contributed by atoms with Crippen LogP contribution in [0.2, 0.25) is 0 Å². The summed E-state index contributed by atoms with van der Waals surface area (Å²) in [7, 11) is 0. The number of rotatable bonds is 5. The molecule has 0 aliphatic heterocycles. The second-order valence-electron chi connectivity index (χ2n) is 4.87. The lowest BCUT2D eigenvalue weighted by atomic mass is 10.2. The van der Waals surface area contributed by atoms with E-state index in [1.165, 1.54) is 0 Å². The fourth-order valence-electron chi connectivity index (χ4n) is 2.03. The summed E-state index contributed by atoms with van der Waals surface area (Å²) in [5, 5.41) is 22.2. The van der Waals surface area contributed by atoms with Gasteiger partial charge in [-0.2, -0.15) is 0 Å². The Morgan fingerprint density at radius 3 is 2.71 bits per heavy atom. The lowest BCUT2D eigenvalue weighted by Gasteiger charge is -2.10. The number of benzene rings is 2. The Bertz CT molecular complexity index is 832. The van der Waals surface area contributed by atoms with Crippen LogP contribution in [0.15, 0.2) is 64.4 Å². The molecule has 8 heteroatoms. The number of hydrogen-bond acceptors (Lipinski definition) is 7. The van der Waals surface area contributed by atoms with Crippen molar-refractivity contribution in [3.63, 3.8) is 0 Å². The normalized spacial score (nSPS) is 11.2. The van der Waals surface area contributed by atoms with E-state index in [9.17, 15) is 0 Å².